The van der Waals surface area contributed by atoms with Crippen LogP contribution in [0.4, 0.5) is 0 Å². The minimum absolute atomic E-state index is 0.0728. The van der Waals surface area contributed by atoms with Crippen molar-refractivity contribution >= 4 is 33.6 Å². The lowest BCUT2D eigenvalue weighted by Crippen LogP contribution is -2.00. The molecule has 3 nitrogen and oxygen atoms in total. The van der Waals surface area contributed by atoms with Crippen molar-refractivity contribution < 1.29 is 13.0 Å². The van der Waals surface area contributed by atoms with Crippen molar-refractivity contribution in [2.45, 2.75) is 38.3 Å². The molecule has 0 aliphatic heterocycles. The molecule has 0 saturated carbocycles. The molecule has 0 bridgehead atoms. The number of rotatable bonds is 5. The van der Waals surface area contributed by atoms with Gasteiger partial charge in [0.05, 0.1) is 0 Å². The molecule has 0 aliphatic rings. The number of aryl methyl sites for hydroxylation is 2. The van der Waals surface area contributed by atoms with Gasteiger partial charge in [0.15, 0.2) is 0 Å². The third kappa shape index (κ3) is 4.92. The standard InChI is InChI=1S/C20H18O3S3/c1-14-3-7-16(8-4-14)24-18-11-12-20(26(21,22)23)19(13-18)25-17-9-5-15(2)6-10-17/h3-13H,1-2H3,(H,21,22,23). The van der Waals surface area contributed by atoms with Gasteiger partial charge in [0.25, 0.3) is 10.1 Å². The molecule has 0 heterocycles. The quantitative estimate of drug-likeness (QED) is 0.542. The Hall–Kier alpha value is -1.73. The van der Waals surface area contributed by atoms with Crippen molar-refractivity contribution in [1.82, 2.24) is 0 Å². The minimum atomic E-state index is -4.29. The van der Waals surface area contributed by atoms with Crippen molar-refractivity contribution in [3.8, 4) is 0 Å². The third-order valence-corrected chi connectivity index (χ3v) is 6.80. The summed E-state index contributed by atoms with van der Waals surface area (Å²) in [6, 6.07) is 20.9. The summed E-state index contributed by atoms with van der Waals surface area (Å²) in [4.78, 5) is 3.33. The fourth-order valence-electron chi connectivity index (χ4n) is 2.32. The molecule has 0 unspecified atom stereocenters. The van der Waals surface area contributed by atoms with Crippen molar-refractivity contribution in [2.24, 2.45) is 0 Å². The van der Waals surface area contributed by atoms with Gasteiger partial charge >= 0.3 is 0 Å². The Morgan fingerprint density at radius 3 is 1.65 bits per heavy atom. The minimum Gasteiger partial charge on any atom is -0.282 e. The first-order valence-electron chi connectivity index (χ1n) is 7.92. The summed E-state index contributed by atoms with van der Waals surface area (Å²) in [6.07, 6.45) is 0. The van der Waals surface area contributed by atoms with E-state index in [1.165, 1.54) is 23.4 Å². The highest BCUT2D eigenvalue weighted by Crippen LogP contribution is 2.37. The lowest BCUT2D eigenvalue weighted by Gasteiger charge is -2.10. The molecule has 0 fully saturated rings. The first-order valence-corrected chi connectivity index (χ1v) is 11.0. The highest BCUT2D eigenvalue weighted by Gasteiger charge is 2.17. The smallest absolute Gasteiger partial charge is 0.282 e. The summed E-state index contributed by atoms with van der Waals surface area (Å²) in [5, 5.41) is 0. The summed E-state index contributed by atoms with van der Waals surface area (Å²) < 4.78 is 33.0. The molecule has 0 spiro atoms. The number of benzene rings is 3. The zero-order chi connectivity index (χ0) is 18.7. The average Bonchev–Trinajstić information content (AvgIpc) is 2.58. The van der Waals surface area contributed by atoms with E-state index in [1.54, 1.807) is 23.9 Å². The van der Waals surface area contributed by atoms with Crippen molar-refractivity contribution in [1.29, 1.82) is 0 Å². The molecule has 0 amide bonds. The summed E-state index contributed by atoms with van der Waals surface area (Å²) in [6.45, 7) is 4.03. The highest BCUT2D eigenvalue weighted by atomic mass is 32.2. The van der Waals surface area contributed by atoms with Crippen molar-refractivity contribution in [2.75, 3.05) is 0 Å². The van der Waals surface area contributed by atoms with Gasteiger partial charge in [-0.15, -0.1) is 0 Å². The second-order valence-electron chi connectivity index (χ2n) is 5.91. The van der Waals surface area contributed by atoms with E-state index in [4.69, 9.17) is 0 Å². The van der Waals surface area contributed by atoms with Gasteiger partial charge in [-0.1, -0.05) is 58.9 Å². The van der Waals surface area contributed by atoms with E-state index in [-0.39, 0.29) is 4.90 Å². The molecular formula is C20H18O3S3. The van der Waals surface area contributed by atoms with E-state index in [1.807, 2.05) is 62.4 Å². The SMILES string of the molecule is Cc1ccc(Sc2ccc(S(=O)(=O)O)c(Sc3ccc(C)cc3)c2)cc1. The molecule has 26 heavy (non-hydrogen) atoms. The number of hydrogen-bond acceptors (Lipinski definition) is 4. The average molecular weight is 403 g/mol. The Bertz CT molecular complexity index is 1010. The van der Waals surface area contributed by atoms with Gasteiger partial charge in [-0.3, -0.25) is 4.55 Å². The van der Waals surface area contributed by atoms with Crippen molar-refractivity contribution in [3.63, 3.8) is 0 Å². The largest absolute Gasteiger partial charge is 0.295 e. The van der Waals surface area contributed by atoms with E-state index in [0.29, 0.717) is 4.90 Å². The van der Waals surface area contributed by atoms with Crippen LogP contribution in [0.5, 0.6) is 0 Å². The van der Waals surface area contributed by atoms with Crippen LogP contribution in [0.25, 0.3) is 0 Å². The summed E-state index contributed by atoms with van der Waals surface area (Å²) in [5.74, 6) is 0. The normalized spacial score (nSPS) is 11.5. The molecule has 3 rings (SSSR count). The van der Waals surface area contributed by atoms with Gasteiger partial charge in [0, 0.05) is 19.6 Å². The van der Waals surface area contributed by atoms with Gasteiger partial charge < -0.3 is 0 Å². The highest BCUT2D eigenvalue weighted by molar-refractivity contribution is 8.00. The van der Waals surface area contributed by atoms with E-state index < -0.39 is 10.1 Å². The monoisotopic (exact) mass is 402 g/mol. The van der Waals surface area contributed by atoms with E-state index in [9.17, 15) is 13.0 Å². The van der Waals surface area contributed by atoms with Crippen LogP contribution >= 0.6 is 23.5 Å². The molecule has 0 atom stereocenters. The van der Waals surface area contributed by atoms with E-state index >= 15 is 0 Å². The van der Waals surface area contributed by atoms with Crippen LogP contribution in [0.1, 0.15) is 11.1 Å². The zero-order valence-corrected chi connectivity index (χ0v) is 16.8. The molecule has 134 valence electrons. The zero-order valence-electron chi connectivity index (χ0n) is 14.3. The molecule has 0 saturated heterocycles. The van der Waals surface area contributed by atoms with E-state index in [0.717, 1.165) is 20.2 Å². The maximum absolute atomic E-state index is 11.7. The fraction of sp³-hybridized carbons (Fsp3) is 0.100. The van der Waals surface area contributed by atoms with Gasteiger partial charge in [0.2, 0.25) is 0 Å². The summed E-state index contributed by atoms with van der Waals surface area (Å²) >= 11 is 2.88. The molecule has 1 N–H and O–H groups in total. The van der Waals surface area contributed by atoms with Gasteiger partial charge in [0.1, 0.15) is 4.90 Å². The van der Waals surface area contributed by atoms with Crippen LogP contribution in [-0.2, 0) is 10.1 Å². The van der Waals surface area contributed by atoms with Crippen LogP contribution in [0, 0.1) is 13.8 Å². The van der Waals surface area contributed by atoms with Crippen molar-refractivity contribution in [3.05, 3.63) is 77.9 Å². The second kappa shape index (κ2) is 7.88. The Morgan fingerprint density at radius 1 is 0.692 bits per heavy atom. The van der Waals surface area contributed by atoms with Crippen LogP contribution in [-0.4, -0.2) is 13.0 Å². The third-order valence-electron chi connectivity index (χ3n) is 3.70. The maximum atomic E-state index is 11.7. The number of hydrogen-bond donors (Lipinski definition) is 1. The fourth-order valence-corrected chi connectivity index (χ4v) is 5.13. The predicted molar refractivity (Wildman–Crippen MR) is 107 cm³/mol. The van der Waals surface area contributed by atoms with Gasteiger partial charge in [-0.2, -0.15) is 8.42 Å². The van der Waals surface area contributed by atoms with Crippen LogP contribution in [0.3, 0.4) is 0 Å². The lowest BCUT2D eigenvalue weighted by molar-refractivity contribution is 0.481. The topological polar surface area (TPSA) is 54.4 Å². The molecule has 3 aromatic carbocycles. The molecular weight excluding hydrogens is 384 g/mol. The maximum Gasteiger partial charge on any atom is 0.295 e. The molecule has 0 aromatic heterocycles. The lowest BCUT2D eigenvalue weighted by atomic mass is 10.2. The first kappa shape index (κ1) is 19.0. The molecule has 0 aliphatic carbocycles. The van der Waals surface area contributed by atoms with Gasteiger partial charge in [-0.25, -0.2) is 0 Å². The van der Waals surface area contributed by atoms with Crippen LogP contribution < -0.4 is 0 Å². The Labute approximate surface area is 162 Å². The summed E-state index contributed by atoms with van der Waals surface area (Å²) in [5.41, 5.74) is 2.32. The predicted octanol–water partition coefficient (Wildman–Crippen LogP) is 5.85. The van der Waals surface area contributed by atoms with Gasteiger partial charge in [-0.05, 0) is 56.3 Å². The Kier molecular flexibility index (Phi) is 5.77. The van der Waals surface area contributed by atoms with Crippen LogP contribution in [0.15, 0.2) is 91.2 Å². The molecule has 0 radical (unpaired) electrons. The van der Waals surface area contributed by atoms with E-state index in [2.05, 4.69) is 0 Å². The summed E-state index contributed by atoms with van der Waals surface area (Å²) in [7, 11) is -4.29. The molecule has 6 heteroatoms. The van der Waals surface area contributed by atoms with Crippen LogP contribution in [0.2, 0.25) is 0 Å². The second-order valence-corrected chi connectivity index (χ2v) is 9.57. The Balaban J connectivity index is 1.95. The Morgan fingerprint density at radius 2 is 1.15 bits per heavy atom. The first-order chi connectivity index (χ1) is 12.3. The molecule has 3 aromatic rings.